The van der Waals surface area contributed by atoms with Crippen LogP contribution in [0.3, 0.4) is 0 Å². The fourth-order valence-electron chi connectivity index (χ4n) is 1.76. The first-order valence-electron chi connectivity index (χ1n) is 5.54. The SMILES string of the molecule is CNc1cnn(CC(C)c2ccccc2)c1. The summed E-state index contributed by atoms with van der Waals surface area (Å²) in [6.45, 7) is 3.13. The van der Waals surface area contributed by atoms with Gasteiger partial charge in [0.25, 0.3) is 0 Å². The molecule has 1 aromatic heterocycles. The van der Waals surface area contributed by atoms with Crippen molar-refractivity contribution in [3.05, 3.63) is 48.3 Å². The molecule has 2 rings (SSSR count). The van der Waals surface area contributed by atoms with Gasteiger partial charge in [-0.1, -0.05) is 37.3 Å². The van der Waals surface area contributed by atoms with Crippen LogP contribution in [0, 0.1) is 0 Å². The van der Waals surface area contributed by atoms with Gasteiger partial charge in [-0.2, -0.15) is 5.10 Å². The van der Waals surface area contributed by atoms with Crippen molar-refractivity contribution in [1.82, 2.24) is 9.78 Å². The summed E-state index contributed by atoms with van der Waals surface area (Å²) in [5.41, 5.74) is 2.41. The average molecular weight is 215 g/mol. The van der Waals surface area contributed by atoms with Gasteiger partial charge in [-0.3, -0.25) is 4.68 Å². The van der Waals surface area contributed by atoms with E-state index in [1.807, 2.05) is 30.2 Å². The quantitative estimate of drug-likeness (QED) is 0.849. The van der Waals surface area contributed by atoms with Crippen molar-refractivity contribution in [1.29, 1.82) is 0 Å². The first-order chi connectivity index (χ1) is 7.79. The second-order valence-electron chi connectivity index (χ2n) is 4.01. The second kappa shape index (κ2) is 4.84. The number of aromatic nitrogens is 2. The molecule has 1 atom stereocenters. The number of rotatable bonds is 4. The number of hydrogen-bond acceptors (Lipinski definition) is 2. The molecule has 1 unspecified atom stereocenters. The van der Waals surface area contributed by atoms with Crippen LogP contribution in [0.4, 0.5) is 5.69 Å². The van der Waals surface area contributed by atoms with E-state index in [1.165, 1.54) is 5.56 Å². The lowest BCUT2D eigenvalue weighted by atomic mass is 10.0. The molecule has 0 saturated heterocycles. The van der Waals surface area contributed by atoms with Crippen molar-refractivity contribution in [3.63, 3.8) is 0 Å². The molecule has 0 aliphatic rings. The van der Waals surface area contributed by atoms with Crippen LogP contribution >= 0.6 is 0 Å². The van der Waals surface area contributed by atoms with E-state index in [4.69, 9.17) is 0 Å². The second-order valence-corrected chi connectivity index (χ2v) is 4.01. The fraction of sp³-hybridized carbons (Fsp3) is 0.308. The van der Waals surface area contributed by atoms with E-state index in [9.17, 15) is 0 Å². The number of hydrogen-bond donors (Lipinski definition) is 1. The Bertz CT molecular complexity index is 433. The molecule has 16 heavy (non-hydrogen) atoms. The minimum Gasteiger partial charge on any atom is -0.386 e. The average Bonchev–Trinajstić information content (AvgIpc) is 2.78. The van der Waals surface area contributed by atoms with Gasteiger partial charge in [0, 0.05) is 25.7 Å². The molecule has 0 amide bonds. The van der Waals surface area contributed by atoms with Crippen LogP contribution in [-0.2, 0) is 6.54 Å². The summed E-state index contributed by atoms with van der Waals surface area (Å²) in [7, 11) is 1.90. The molecule has 2 aromatic rings. The van der Waals surface area contributed by atoms with Gasteiger partial charge in [-0.05, 0) is 5.56 Å². The predicted molar refractivity (Wildman–Crippen MR) is 66.6 cm³/mol. The van der Waals surface area contributed by atoms with E-state index < -0.39 is 0 Å². The molecule has 1 N–H and O–H groups in total. The van der Waals surface area contributed by atoms with E-state index in [-0.39, 0.29) is 0 Å². The molecule has 0 aliphatic carbocycles. The zero-order valence-electron chi connectivity index (χ0n) is 9.72. The number of nitrogens with zero attached hydrogens (tertiary/aromatic N) is 2. The summed E-state index contributed by atoms with van der Waals surface area (Å²) >= 11 is 0. The van der Waals surface area contributed by atoms with Crippen molar-refractivity contribution < 1.29 is 0 Å². The third-order valence-corrected chi connectivity index (χ3v) is 2.75. The summed E-state index contributed by atoms with van der Waals surface area (Å²) in [5.74, 6) is 0.478. The fourth-order valence-corrected chi connectivity index (χ4v) is 1.76. The Morgan fingerprint density at radius 1 is 1.31 bits per heavy atom. The predicted octanol–water partition coefficient (Wildman–Crippen LogP) is 2.73. The standard InChI is InChI=1S/C13H17N3/c1-11(12-6-4-3-5-7-12)9-16-10-13(14-2)8-15-16/h3-8,10-11,14H,9H2,1-2H3. The minimum atomic E-state index is 0.478. The molecule has 0 fully saturated rings. The molecule has 0 aliphatic heterocycles. The largest absolute Gasteiger partial charge is 0.386 e. The first-order valence-corrected chi connectivity index (χ1v) is 5.54. The normalized spacial score (nSPS) is 12.4. The molecule has 0 spiro atoms. The van der Waals surface area contributed by atoms with Crippen LogP contribution in [0.1, 0.15) is 18.4 Å². The Labute approximate surface area is 96.1 Å². The van der Waals surface area contributed by atoms with Crippen LogP contribution in [0.15, 0.2) is 42.7 Å². The highest BCUT2D eigenvalue weighted by atomic mass is 15.3. The third-order valence-electron chi connectivity index (χ3n) is 2.75. The van der Waals surface area contributed by atoms with Gasteiger partial charge in [0.15, 0.2) is 0 Å². The highest BCUT2D eigenvalue weighted by Gasteiger charge is 2.06. The topological polar surface area (TPSA) is 29.9 Å². The molecule has 3 nitrogen and oxygen atoms in total. The number of nitrogens with one attached hydrogen (secondary N) is 1. The molecule has 84 valence electrons. The summed E-state index contributed by atoms with van der Waals surface area (Å²) < 4.78 is 1.98. The van der Waals surface area contributed by atoms with Crippen molar-refractivity contribution in [2.45, 2.75) is 19.4 Å². The minimum absolute atomic E-state index is 0.478. The highest BCUT2D eigenvalue weighted by molar-refractivity contribution is 5.36. The molecule has 0 bridgehead atoms. The molecule has 1 aromatic carbocycles. The van der Waals surface area contributed by atoms with E-state index >= 15 is 0 Å². The Morgan fingerprint density at radius 2 is 2.06 bits per heavy atom. The van der Waals surface area contributed by atoms with Crippen LogP contribution in [-0.4, -0.2) is 16.8 Å². The Hall–Kier alpha value is -1.77. The van der Waals surface area contributed by atoms with Gasteiger partial charge in [0.1, 0.15) is 0 Å². The van der Waals surface area contributed by atoms with Gasteiger partial charge < -0.3 is 5.32 Å². The van der Waals surface area contributed by atoms with Crippen LogP contribution in [0.2, 0.25) is 0 Å². The Balaban J connectivity index is 2.05. The molecule has 3 heteroatoms. The van der Waals surface area contributed by atoms with Gasteiger partial charge in [-0.25, -0.2) is 0 Å². The zero-order chi connectivity index (χ0) is 11.4. The van der Waals surface area contributed by atoms with E-state index in [2.05, 4.69) is 41.6 Å². The first kappa shape index (κ1) is 10.7. The van der Waals surface area contributed by atoms with E-state index in [0.29, 0.717) is 5.92 Å². The molecular formula is C13H17N3. The maximum atomic E-state index is 4.31. The maximum absolute atomic E-state index is 4.31. The van der Waals surface area contributed by atoms with Crippen molar-refractivity contribution in [3.8, 4) is 0 Å². The smallest absolute Gasteiger partial charge is 0.0723 e. The Kier molecular flexibility index (Phi) is 3.25. The summed E-state index contributed by atoms with van der Waals surface area (Å²) in [6.07, 6.45) is 3.87. The monoisotopic (exact) mass is 215 g/mol. The van der Waals surface area contributed by atoms with E-state index in [1.54, 1.807) is 0 Å². The third kappa shape index (κ3) is 2.42. The van der Waals surface area contributed by atoms with Crippen molar-refractivity contribution >= 4 is 5.69 Å². The highest BCUT2D eigenvalue weighted by Crippen LogP contribution is 2.17. The van der Waals surface area contributed by atoms with Crippen molar-refractivity contribution in [2.75, 3.05) is 12.4 Å². The number of benzene rings is 1. The molecular weight excluding hydrogens is 198 g/mol. The summed E-state index contributed by atoms with van der Waals surface area (Å²) in [5, 5.41) is 7.38. The number of anilines is 1. The van der Waals surface area contributed by atoms with E-state index in [0.717, 1.165) is 12.2 Å². The zero-order valence-corrected chi connectivity index (χ0v) is 9.72. The maximum Gasteiger partial charge on any atom is 0.0723 e. The van der Waals surface area contributed by atoms with Gasteiger partial charge >= 0.3 is 0 Å². The van der Waals surface area contributed by atoms with Gasteiger partial charge in [0.05, 0.1) is 11.9 Å². The summed E-state index contributed by atoms with van der Waals surface area (Å²) in [4.78, 5) is 0. The summed E-state index contributed by atoms with van der Waals surface area (Å²) in [6, 6.07) is 10.5. The van der Waals surface area contributed by atoms with Crippen molar-refractivity contribution in [2.24, 2.45) is 0 Å². The van der Waals surface area contributed by atoms with Gasteiger partial charge in [-0.15, -0.1) is 0 Å². The lowest BCUT2D eigenvalue weighted by Crippen LogP contribution is -2.06. The van der Waals surface area contributed by atoms with Crippen LogP contribution < -0.4 is 5.32 Å². The van der Waals surface area contributed by atoms with Gasteiger partial charge in [0.2, 0.25) is 0 Å². The van der Waals surface area contributed by atoms with Crippen LogP contribution in [0.25, 0.3) is 0 Å². The van der Waals surface area contributed by atoms with Crippen LogP contribution in [0.5, 0.6) is 0 Å². The molecule has 0 radical (unpaired) electrons. The lowest BCUT2D eigenvalue weighted by Gasteiger charge is -2.11. The Morgan fingerprint density at radius 3 is 2.69 bits per heavy atom. The lowest BCUT2D eigenvalue weighted by molar-refractivity contribution is 0.543. The molecule has 1 heterocycles. The molecule has 0 saturated carbocycles.